The lowest BCUT2D eigenvalue weighted by Crippen LogP contribution is -2.40. The average molecular weight is 638 g/mol. The summed E-state index contributed by atoms with van der Waals surface area (Å²) in [6, 6.07) is 12.6. The molecule has 1 N–H and O–H groups in total. The Morgan fingerprint density at radius 2 is 1.73 bits per heavy atom. The molecule has 0 aliphatic carbocycles. The molecule has 230 valence electrons. The highest BCUT2D eigenvalue weighted by Gasteiger charge is 2.28. The van der Waals surface area contributed by atoms with Gasteiger partial charge in [-0.2, -0.15) is 4.98 Å². The smallest absolute Gasteiger partial charge is 0.260 e. The van der Waals surface area contributed by atoms with E-state index in [0.29, 0.717) is 66.5 Å². The molecule has 5 rings (SSSR count). The van der Waals surface area contributed by atoms with Gasteiger partial charge in [0.05, 0.1) is 29.8 Å². The molecule has 0 radical (unpaired) electrons. The van der Waals surface area contributed by atoms with Gasteiger partial charge in [-0.3, -0.25) is 14.2 Å². The number of hydrogen-bond donors (Lipinski definition) is 1. The van der Waals surface area contributed by atoms with E-state index >= 15 is 0 Å². The third kappa shape index (κ3) is 6.52. The molecule has 0 saturated carbocycles. The number of ether oxygens (including phenoxy) is 2. The van der Waals surface area contributed by atoms with E-state index in [4.69, 9.17) is 37.7 Å². The number of piperidine rings is 1. The van der Waals surface area contributed by atoms with Gasteiger partial charge in [-0.15, -0.1) is 0 Å². The second-order valence-electron chi connectivity index (χ2n) is 10.7. The van der Waals surface area contributed by atoms with Crippen molar-refractivity contribution >= 4 is 51.8 Å². The van der Waals surface area contributed by atoms with Crippen molar-refractivity contribution in [2.24, 2.45) is 0 Å². The van der Waals surface area contributed by atoms with E-state index in [-0.39, 0.29) is 33.1 Å². The standard InChI is InChI=1S/C32H34Cl2N6O4/c1-38(2)14-8-11-26(41)39-15-12-22(13-16-39)40-30-20(19-35-32(37-30)36-21-9-6-5-7-10-21)17-23(31(40)42)27-28(33)24(43-3)18-25(44-4)29(27)34/h5-11,17-19,22H,12-16H2,1-4H3,(H,35,36,37)/b11-8+. The van der Waals surface area contributed by atoms with Gasteiger partial charge in [-0.1, -0.05) is 47.5 Å². The van der Waals surface area contributed by atoms with Crippen molar-refractivity contribution in [2.75, 3.05) is 53.3 Å². The number of methoxy groups -OCH3 is 2. The largest absolute Gasteiger partial charge is 0.495 e. The molecular weight excluding hydrogens is 603 g/mol. The van der Waals surface area contributed by atoms with E-state index in [0.717, 1.165) is 5.69 Å². The first-order valence-corrected chi connectivity index (χ1v) is 14.9. The van der Waals surface area contributed by atoms with Gasteiger partial charge in [-0.05, 0) is 45.1 Å². The fourth-order valence-electron chi connectivity index (χ4n) is 5.29. The molecule has 0 atom stereocenters. The molecule has 2 aromatic carbocycles. The number of fused-ring (bicyclic) bond motifs is 1. The Morgan fingerprint density at radius 1 is 1.07 bits per heavy atom. The second kappa shape index (κ2) is 13.7. The minimum atomic E-state index is -0.323. The van der Waals surface area contributed by atoms with E-state index < -0.39 is 0 Å². The number of nitrogens with one attached hydrogen (secondary N) is 1. The lowest BCUT2D eigenvalue weighted by Gasteiger charge is -2.33. The third-order valence-corrected chi connectivity index (χ3v) is 8.27. The van der Waals surface area contributed by atoms with Gasteiger partial charge in [0.1, 0.15) is 17.1 Å². The average Bonchev–Trinajstić information content (AvgIpc) is 3.02. The molecule has 0 unspecified atom stereocenters. The highest BCUT2D eigenvalue weighted by molar-refractivity contribution is 6.41. The monoisotopic (exact) mass is 636 g/mol. The van der Waals surface area contributed by atoms with Gasteiger partial charge in [-0.25, -0.2) is 4.98 Å². The van der Waals surface area contributed by atoms with Crippen molar-refractivity contribution in [1.29, 1.82) is 0 Å². The Balaban J connectivity index is 1.61. The molecule has 1 amide bonds. The highest BCUT2D eigenvalue weighted by atomic mass is 35.5. The number of benzene rings is 2. The Hall–Kier alpha value is -4.12. The zero-order valence-corrected chi connectivity index (χ0v) is 26.5. The van der Waals surface area contributed by atoms with Crippen LogP contribution in [0, 0.1) is 0 Å². The molecule has 10 nitrogen and oxygen atoms in total. The van der Waals surface area contributed by atoms with Crippen LogP contribution in [0.3, 0.4) is 0 Å². The number of amides is 1. The minimum absolute atomic E-state index is 0.0463. The van der Waals surface area contributed by atoms with Crippen LogP contribution in [0.1, 0.15) is 18.9 Å². The molecular formula is C32H34Cl2N6O4. The van der Waals surface area contributed by atoms with Crippen LogP contribution in [0.2, 0.25) is 10.0 Å². The number of hydrogen-bond acceptors (Lipinski definition) is 8. The summed E-state index contributed by atoms with van der Waals surface area (Å²) in [5.41, 5.74) is 1.52. The topological polar surface area (TPSA) is 102 Å². The molecule has 4 aromatic rings. The first-order chi connectivity index (χ1) is 21.2. The zero-order chi connectivity index (χ0) is 31.4. The van der Waals surface area contributed by atoms with Crippen LogP contribution in [0.15, 0.2) is 65.6 Å². The molecule has 2 aromatic heterocycles. The normalized spacial score (nSPS) is 14.0. The highest BCUT2D eigenvalue weighted by Crippen LogP contribution is 2.45. The molecule has 3 heterocycles. The van der Waals surface area contributed by atoms with Crippen LogP contribution in [0.5, 0.6) is 11.5 Å². The maximum atomic E-state index is 14.5. The maximum absolute atomic E-state index is 14.5. The molecule has 1 fully saturated rings. The Bertz CT molecular complexity index is 1720. The molecule has 1 saturated heterocycles. The number of likely N-dealkylation sites (tertiary alicyclic amines) is 1. The number of likely N-dealkylation sites (N-methyl/N-ethyl adjacent to an activating group) is 1. The number of carbonyl (C=O) groups excluding carboxylic acids is 1. The fourth-order valence-corrected chi connectivity index (χ4v) is 5.99. The summed E-state index contributed by atoms with van der Waals surface area (Å²) in [7, 11) is 6.86. The van der Waals surface area contributed by atoms with Crippen molar-refractivity contribution in [1.82, 2.24) is 24.3 Å². The van der Waals surface area contributed by atoms with Gasteiger partial charge in [0, 0.05) is 60.7 Å². The summed E-state index contributed by atoms with van der Waals surface area (Å²) < 4.78 is 12.6. The number of halogens is 2. The first kappa shape index (κ1) is 31.3. The number of anilines is 2. The zero-order valence-electron chi connectivity index (χ0n) is 25.0. The number of aromatic nitrogens is 3. The fraction of sp³-hybridized carbons (Fsp3) is 0.312. The van der Waals surface area contributed by atoms with E-state index in [2.05, 4.69) is 10.3 Å². The Morgan fingerprint density at radius 3 is 2.34 bits per heavy atom. The Labute approximate surface area is 265 Å². The van der Waals surface area contributed by atoms with Crippen LogP contribution in [0.4, 0.5) is 11.6 Å². The van der Waals surface area contributed by atoms with Crippen molar-refractivity contribution in [3.8, 4) is 22.6 Å². The van der Waals surface area contributed by atoms with E-state index in [1.165, 1.54) is 14.2 Å². The predicted molar refractivity (Wildman–Crippen MR) is 175 cm³/mol. The van der Waals surface area contributed by atoms with E-state index in [1.807, 2.05) is 55.4 Å². The summed E-state index contributed by atoms with van der Waals surface area (Å²) in [4.78, 5) is 40.4. The van der Waals surface area contributed by atoms with Crippen molar-refractivity contribution in [3.63, 3.8) is 0 Å². The number of rotatable bonds is 9. The van der Waals surface area contributed by atoms with Gasteiger partial charge in [0.15, 0.2) is 0 Å². The number of pyridine rings is 1. The molecule has 1 aliphatic rings. The van der Waals surface area contributed by atoms with E-state index in [1.54, 1.807) is 33.9 Å². The van der Waals surface area contributed by atoms with Gasteiger partial charge in [0.2, 0.25) is 11.9 Å². The summed E-state index contributed by atoms with van der Waals surface area (Å²) in [5, 5.41) is 4.21. The summed E-state index contributed by atoms with van der Waals surface area (Å²) in [5.74, 6) is 0.945. The minimum Gasteiger partial charge on any atom is -0.495 e. The van der Waals surface area contributed by atoms with Gasteiger partial charge < -0.3 is 24.6 Å². The molecule has 12 heteroatoms. The van der Waals surface area contributed by atoms with Crippen LogP contribution in [-0.4, -0.2) is 78.2 Å². The lowest BCUT2D eigenvalue weighted by molar-refractivity contribution is -0.127. The lowest BCUT2D eigenvalue weighted by atomic mass is 10.0. The molecule has 0 bridgehead atoms. The predicted octanol–water partition coefficient (Wildman–Crippen LogP) is 5.81. The molecule has 44 heavy (non-hydrogen) atoms. The van der Waals surface area contributed by atoms with Crippen molar-refractivity contribution in [3.05, 3.63) is 81.2 Å². The van der Waals surface area contributed by atoms with Crippen LogP contribution in [0.25, 0.3) is 22.2 Å². The molecule has 1 aliphatic heterocycles. The second-order valence-corrected chi connectivity index (χ2v) is 11.5. The van der Waals surface area contributed by atoms with E-state index in [9.17, 15) is 9.59 Å². The Kier molecular flexibility index (Phi) is 9.73. The van der Waals surface area contributed by atoms with Crippen molar-refractivity contribution in [2.45, 2.75) is 18.9 Å². The van der Waals surface area contributed by atoms with Crippen LogP contribution >= 0.6 is 23.2 Å². The maximum Gasteiger partial charge on any atom is 0.260 e. The summed E-state index contributed by atoms with van der Waals surface area (Å²) in [6.45, 7) is 1.65. The SMILES string of the molecule is COc1cc(OC)c(Cl)c(-c2cc3cnc(Nc4ccccc4)nc3n(C3CCN(C(=O)/C=C/CN(C)C)CC3)c2=O)c1Cl. The number of para-hydroxylation sites is 1. The number of carbonyl (C=O) groups is 1. The van der Waals surface area contributed by atoms with Crippen LogP contribution < -0.4 is 20.3 Å². The van der Waals surface area contributed by atoms with Crippen LogP contribution in [-0.2, 0) is 4.79 Å². The number of nitrogens with zero attached hydrogens (tertiary/aromatic N) is 5. The quantitative estimate of drug-likeness (QED) is 0.230. The molecule has 0 spiro atoms. The van der Waals surface area contributed by atoms with Gasteiger partial charge >= 0.3 is 0 Å². The summed E-state index contributed by atoms with van der Waals surface area (Å²) in [6.07, 6.45) is 6.24. The van der Waals surface area contributed by atoms with Crippen molar-refractivity contribution < 1.29 is 14.3 Å². The van der Waals surface area contributed by atoms with Gasteiger partial charge in [0.25, 0.3) is 5.56 Å². The summed E-state index contributed by atoms with van der Waals surface area (Å²) >= 11 is 13.5. The third-order valence-electron chi connectivity index (χ3n) is 7.52. The first-order valence-electron chi connectivity index (χ1n) is 14.2.